The largest absolute Gasteiger partial charge is 0.482 e. The van der Waals surface area contributed by atoms with Gasteiger partial charge in [0.15, 0.2) is 5.75 Å². The number of hydrogen-bond donors (Lipinski definition) is 1. The third kappa shape index (κ3) is 3.22. The van der Waals surface area contributed by atoms with Gasteiger partial charge in [-0.05, 0) is 19.9 Å². The van der Waals surface area contributed by atoms with Gasteiger partial charge in [-0.15, -0.1) is 0 Å². The van der Waals surface area contributed by atoms with E-state index in [0.29, 0.717) is 12.6 Å². The maximum absolute atomic E-state index is 5.88. The fraction of sp³-hybridized carbons (Fsp3) is 0.533. The molecule has 110 valence electrons. The molecule has 0 radical (unpaired) electrons. The van der Waals surface area contributed by atoms with E-state index in [4.69, 9.17) is 9.15 Å². The first kappa shape index (κ1) is 14.7. The Balaban J connectivity index is 2.02. The minimum Gasteiger partial charge on any atom is -0.482 e. The van der Waals surface area contributed by atoms with E-state index in [1.807, 2.05) is 31.6 Å². The van der Waals surface area contributed by atoms with Gasteiger partial charge < -0.3 is 14.5 Å². The fourth-order valence-corrected chi connectivity index (χ4v) is 2.07. The van der Waals surface area contributed by atoms with Crippen molar-refractivity contribution in [3.8, 4) is 5.75 Å². The highest BCUT2D eigenvalue weighted by Gasteiger charge is 2.13. The summed E-state index contributed by atoms with van der Waals surface area (Å²) < 4.78 is 13.2. The zero-order chi connectivity index (χ0) is 14.7. The van der Waals surface area contributed by atoms with Crippen LogP contribution in [0.15, 0.2) is 16.7 Å². The first-order valence-corrected chi connectivity index (χ1v) is 6.90. The molecule has 0 aliphatic rings. The zero-order valence-electron chi connectivity index (χ0n) is 12.9. The van der Waals surface area contributed by atoms with Crippen molar-refractivity contribution in [2.45, 2.75) is 46.9 Å². The molecule has 0 aromatic carbocycles. The maximum atomic E-state index is 5.88. The van der Waals surface area contributed by atoms with E-state index in [-0.39, 0.29) is 0 Å². The number of furan rings is 1. The third-order valence-corrected chi connectivity index (χ3v) is 3.33. The zero-order valence-corrected chi connectivity index (χ0v) is 12.9. The minimum absolute atomic E-state index is 0.426. The molecule has 0 atom stereocenters. The standard InChI is InChI=1S/C15H23N3O2/c1-10(2)16-8-13-6-7-19-14(13)9-20-15-11(3)17-18(5)12(15)4/h6-7,10,16H,8-9H2,1-5H3. The monoisotopic (exact) mass is 277 g/mol. The molecule has 0 bridgehead atoms. The topological polar surface area (TPSA) is 52.2 Å². The minimum atomic E-state index is 0.426. The average molecular weight is 277 g/mol. The highest BCUT2D eigenvalue weighted by atomic mass is 16.5. The summed E-state index contributed by atoms with van der Waals surface area (Å²) in [6, 6.07) is 2.43. The van der Waals surface area contributed by atoms with E-state index < -0.39 is 0 Å². The molecule has 2 heterocycles. The SMILES string of the molecule is Cc1nn(C)c(C)c1OCc1occc1CNC(C)C. The molecule has 0 unspecified atom stereocenters. The summed E-state index contributed by atoms with van der Waals surface area (Å²) >= 11 is 0. The molecule has 2 rings (SSSR count). The molecular weight excluding hydrogens is 254 g/mol. The molecule has 0 fully saturated rings. The van der Waals surface area contributed by atoms with Gasteiger partial charge in [-0.25, -0.2) is 0 Å². The molecule has 2 aromatic heterocycles. The van der Waals surface area contributed by atoms with E-state index in [2.05, 4.69) is 24.3 Å². The van der Waals surface area contributed by atoms with Crippen LogP contribution in [0.4, 0.5) is 0 Å². The number of aromatic nitrogens is 2. The van der Waals surface area contributed by atoms with E-state index in [9.17, 15) is 0 Å². The van der Waals surface area contributed by atoms with E-state index >= 15 is 0 Å². The van der Waals surface area contributed by atoms with Crippen molar-refractivity contribution in [1.82, 2.24) is 15.1 Å². The quantitative estimate of drug-likeness (QED) is 0.882. The second kappa shape index (κ2) is 6.13. The highest BCUT2D eigenvalue weighted by molar-refractivity contribution is 5.32. The number of hydrogen-bond acceptors (Lipinski definition) is 4. The molecule has 5 heteroatoms. The lowest BCUT2D eigenvalue weighted by Crippen LogP contribution is -2.22. The highest BCUT2D eigenvalue weighted by Crippen LogP contribution is 2.23. The lowest BCUT2D eigenvalue weighted by molar-refractivity contribution is 0.264. The molecule has 5 nitrogen and oxygen atoms in total. The predicted octanol–water partition coefficient (Wildman–Crippen LogP) is 2.71. The second-order valence-corrected chi connectivity index (χ2v) is 5.32. The van der Waals surface area contributed by atoms with Gasteiger partial charge in [0.2, 0.25) is 0 Å². The number of rotatable bonds is 6. The lowest BCUT2D eigenvalue weighted by atomic mass is 10.2. The predicted molar refractivity (Wildman–Crippen MR) is 77.7 cm³/mol. The van der Waals surface area contributed by atoms with Crippen LogP contribution >= 0.6 is 0 Å². The van der Waals surface area contributed by atoms with Gasteiger partial charge in [0, 0.05) is 25.2 Å². The Morgan fingerprint density at radius 1 is 1.40 bits per heavy atom. The van der Waals surface area contributed by atoms with Crippen LogP contribution in [0.3, 0.4) is 0 Å². The van der Waals surface area contributed by atoms with E-state index in [1.165, 1.54) is 0 Å². The molecular formula is C15H23N3O2. The van der Waals surface area contributed by atoms with Gasteiger partial charge in [-0.1, -0.05) is 13.8 Å². The van der Waals surface area contributed by atoms with Crippen LogP contribution in [0.2, 0.25) is 0 Å². The van der Waals surface area contributed by atoms with Crippen molar-refractivity contribution in [2.75, 3.05) is 0 Å². The van der Waals surface area contributed by atoms with Crippen LogP contribution in [-0.2, 0) is 20.2 Å². The lowest BCUT2D eigenvalue weighted by Gasteiger charge is -2.09. The van der Waals surface area contributed by atoms with Crippen molar-refractivity contribution in [2.24, 2.45) is 7.05 Å². The van der Waals surface area contributed by atoms with Gasteiger partial charge in [0.25, 0.3) is 0 Å². The van der Waals surface area contributed by atoms with Gasteiger partial charge in [0.05, 0.1) is 12.0 Å². The molecule has 20 heavy (non-hydrogen) atoms. The van der Waals surface area contributed by atoms with Crippen molar-refractivity contribution in [1.29, 1.82) is 0 Å². The maximum Gasteiger partial charge on any atom is 0.163 e. The van der Waals surface area contributed by atoms with Crippen LogP contribution in [0.5, 0.6) is 5.75 Å². The van der Waals surface area contributed by atoms with Crippen LogP contribution < -0.4 is 10.1 Å². The first-order valence-electron chi connectivity index (χ1n) is 6.90. The Morgan fingerprint density at radius 2 is 2.15 bits per heavy atom. The smallest absolute Gasteiger partial charge is 0.163 e. The molecule has 0 aliphatic heterocycles. The average Bonchev–Trinajstić information content (AvgIpc) is 2.92. The molecule has 0 amide bonds. The van der Waals surface area contributed by atoms with Crippen molar-refractivity contribution in [3.63, 3.8) is 0 Å². The summed E-state index contributed by atoms with van der Waals surface area (Å²) in [7, 11) is 1.92. The molecule has 0 spiro atoms. The van der Waals surface area contributed by atoms with Crippen LogP contribution in [0.25, 0.3) is 0 Å². The molecule has 1 N–H and O–H groups in total. The van der Waals surface area contributed by atoms with Gasteiger partial charge in [-0.3, -0.25) is 4.68 Å². The number of nitrogens with zero attached hydrogens (tertiary/aromatic N) is 2. The Morgan fingerprint density at radius 3 is 2.75 bits per heavy atom. The Hall–Kier alpha value is -1.75. The Labute approximate surface area is 119 Å². The van der Waals surface area contributed by atoms with Crippen molar-refractivity contribution in [3.05, 3.63) is 35.0 Å². The van der Waals surface area contributed by atoms with Crippen LogP contribution in [-0.4, -0.2) is 15.8 Å². The van der Waals surface area contributed by atoms with Crippen LogP contribution in [0, 0.1) is 13.8 Å². The summed E-state index contributed by atoms with van der Waals surface area (Å²) in [5.74, 6) is 1.70. The number of nitrogens with one attached hydrogen (secondary N) is 1. The summed E-state index contributed by atoms with van der Waals surface area (Å²) in [5.41, 5.74) is 3.06. The van der Waals surface area contributed by atoms with Gasteiger partial charge in [-0.2, -0.15) is 5.10 Å². The Bertz CT molecular complexity index is 570. The summed E-state index contributed by atoms with van der Waals surface area (Å²) in [6.45, 7) is 9.41. The van der Waals surface area contributed by atoms with Crippen molar-refractivity contribution < 1.29 is 9.15 Å². The third-order valence-electron chi connectivity index (χ3n) is 3.33. The Kier molecular flexibility index (Phi) is 4.49. The van der Waals surface area contributed by atoms with Gasteiger partial charge in [0.1, 0.15) is 18.1 Å². The second-order valence-electron chi connectivity index (χ2n) is 5.32. The summed E-state index contributed by atoms with van der Waals surface area (Å²) in [6.07, 6.45) is 1.71. The molecule has 2 aromatic rings. The molecule has 0 saturated heterocycles. The summed E-state index contributed by atoms with van der Waals surface area (Å²) in [4.78, 5) is 0. The van der Waals surface area contributed by atoms with Crippen molar-refractivity contribution >= 4 is 0 Å². The van der Waals surface area contributed by atoms with E-state index in [0.717, 1.165) is 35.0 Å². The van der Waals surface area contributed by atoms with Crippen LogP contribution in [0.1, 0.15) is 36.6 Å². The molecule has 0 aliphatic carbocycles. The van der Waals surface area contributed by atoms with Gasteiger partial charge >= 0.3 is 0 Å². The summed E-state index contributed by atoms with van der Waals surface area (Å²) in [5, 5.41) is 7.72. The number of ether oxygens (including phenoxy) is 1. The first-order chi connectivity index (χ1) is 9.49. The van der Waals surface area contributed by atoms with E-state index in [1.54, 1.807) is 6.26 Å². The molecule has 0 saturated carbocycles. The fourth-order valence-electron chi connectivity index (χ4n) is 2.07. The number of aryl methyl sites for hydroxylation is 2. The normalized spacial score (nSPS) is 11.3.